The van der Waals surface area contributed by atoms with Crippen LogP contribution in [0.25, 0.3) is 0 Å². The van der Waals surface area contributed by atoms with E-state index in [2.05, 4.69) is 25.7 Å². The number of anilines is 1. The highest BCUT2D eigenvalue weighted by atomic mass is 127. The standard InChI is InChI=1S/C19H22N4O4.HI/c1-20-18(22-11-14-5-8-16-17(9-14)27-12-26-16)21-10-13-3-6-15(7-4-13)23-19(24)25-2;/h3-9H,10-12H2,1-2H3,(H,23,24)(H2,20,21,22);1H. The van der Waals surface area contributed by atoms with Crippen LogP contribution in [0.3, 0.4) is 0 Å². The highest BCUT2D eigenvalue weighted by molar-refractivity contribution is 14.0. The molecule has 3 rings (SSSR count). The molecule has 2 aromatic rings. The number of nitrogens with one attached hydrogen (secondary N) is 3. The van der Waals surface area contributed by atoms with Gasteiger partial charge in [0.2, 0.25) is 6.79 Å². The second kappa shape index (κ2) is 10.6. The highest BCUT2D eigenvalue weighted by Gasteiger charge is 2.13. The molecule has 0 spiro atoms. The molecule has 1 aliphatic heterocycles. The maximum Gasteiger partial charge on any atom is 0.411 e. The lowest BCUT2D eigenvalue weighted by Gasteiger charge is -2.12. The molecule has 0 unspecified atom stereocenters. The van der Waals surface area contributed by atoms with E-state index in [-0.39, 0.29) is 30.8 Å². The number of rotatable bonds is 5. The third kappa shape index (κ3) is 5.91. The van der Waals surface area contributed by atoms with Crippen LogP contribution in [0.4, 0.5) is 10.5 Å². The highest BCUT2D eigenvalue weighted by Crippen LogP contribution is 2.32. The molecule has 0 aromatic heterocycles. The number of hydrogen-bond donors (Lipinski definition) is 3. The van der Waals surface area contributed by atoms with E-state index in [4.69, 9.17) is 9.47 Å². The molecule has 3 N–H and O–H groups in total. The van der Waals surface area contributed by atoms with Crippen LogP contribution >= 0.6 is 24.0 Å². The molecule has 0 atom stereocenters. The Hall–Kier alpha value is -2.69. The van der Waals surface area contributed by atoms with E-state index in [1.165, 1.54) is 7.11 Å². The number of fused-ring (bicyclic) bond motifs is 1. The van der Waals surface area contributed by atoms with Crippen molar-refractivity contribution in [3.63, 3.8) is 0 Å². The zero-order valence-corrected chi connectivity index (χ0v) is 18.0. The van der Waals surface area contributed by atoms with Gasteiger partial charge in [-0.2, -0.15) is 0 Å². The summed E-state index contributed by atoms with van der Waals surface area (Å²) in [5.41, 5.74) is 2.80. The predicted octanol–water partition coefficient (Wildman–Crippen LogP) is 3.08. The average molecular weight is 498 g/mol. The van der Waals surface area contributed by atoms with Gasteiger partial charge in [0.15, 0.2) is 17.5 Å². The molecule has 8 nitrogen and oxygen atoms in total. The minimum absolute atomic E-state index is 0. The van der Waals surface area contributed by atoms with Gasteiger partial charge in [-0.3, -0.25) is 10.3 Å². The predicted molar refractivity (Wildman–Crippen MR) is 117 cm³/mol. The molecule has 0 saturated heterocycles. The van der Waals surface area contributed by atoms with Gasteiger partial charge < -0.3 is 24.8 Å². The first-order valence-corrected chi connectivity index (χ1v) is 8.45. The van der Waals surface area contributed by atoms with E-state index < -0.39 is 6.09 Å². The lowest BCUT2D eigenvalue weighted by atomic mass is 10.2. The van der Waals surface area contributed by atoms with Crippen LogP contribution in [0.2, 0.25) is 0 Å². The Morgan fingerprint density at radius 2 is 1.68 bits per heavy atom. The molecule has 1 amide bonds. The smallest absolute Gasteiger partial charge is 0.411 e. The number of aliphatic imine (C=N–C) groups is 1. The molecule has 0 aliphatic carbocycles. The number of guanidine groups is 1. The second-order valence-electron chi connectivity index (χ2n) is 5.78. The summed E-state index contributed by atoms with van der Waals surface area (Å²) in [4.78, 5) is 15.4. The minimum atomic E-state index is -0.492. The van der Waals surface area contributed by atoms with Gasteiger partial charge in [0, 0.05) is 25.8 Å². The van der Waals surface area contributed by atoms with E-state index >= 15 is 0 Å². The van der Waals surface area contributed by atoms with Crippen molar-refractivity contribution < 1.29 is 19.0 Å². The molecule has 0 fully saturated rings. The van der Waals surface area contributed by atoms with Crippen LogP contribution in [0, 0.1) is 0 Å². The topological polar surface area (TPSA) is 93.2 Å². The molecule has 9 heteroatoms. The van der Waals surface area contributed by atoms with Crippen molar-refractivity contribution in [2.75, 3.05) is 26.3 Å². The maximum atomic E-state index is 11.2. The lowest BCUT2D eigenvalue weighted by molar-refractivity contribution is 0.174. The minimum Gasteiger partial charge on any atom is -0.454 e. The van der Waals surface area contributed by atoms with Crippen LogP contribution in [0.15, 0.2) is 47.5 Å². The number of amides is 1. The van der Waals surface area contributed by atoms with E-state index in [1.807, 2.05) is 42.5 Å². The van der Waals surface area contributed by atoms with Gasteiger partial charge >= 0.3 is 6.09 Å². The monoisotopic (exact) mass is 498 g/mol. The summed E-state index contributed by atoms with van der Waals surface area (Å²) >= 11 is 0. The fourth-order valence-electron chi connectivity index (χ4n) is 2.52. The fourth-order valence-corrected chi connectivity index (χ4v) is 2.52. The van der Waals surface area contributed by atoms with Crippen molar-refractivity contribution in [3.8, 4) is 11.5 Å². The first kappa shape index (κ1) is 21.6. The molecule has 0 bridgehead atoms. The zero-order valence-electron chi connectivity index (χ0n) is 15.7. The summed E-state index contributed by atoms with van der Waals surface area (Å²) in [7, 11) is 3.05. The number of hydrogen-bond acceptors (Lipinski definition) is 5. The lowest BCUT2D eigenvalue weighted by Crippen LogP contribution is -2.36. The van der Waals surface area contributed by atoms with Gasteiger partial charge in [0.1, 0.15) is 0 Å². The molecular weight excluding hydrogens is 475 g/mol. The summed E-state index contributed by atoms with van der Waals surface area (Å²) in [6, 6.07) is 13.3. The SMILES string of the molecule is CN=C(NCc1ccc(NC(=O)OC)cc1)NCc1ccc2c(c1)OCO2.I. The normalized spacial score (nSPS) is 12.0. The molecule has 2 aromatic carbocycles. The zero-order chi connectivity index (χ0) is 19.1. The van der Waals surface area contributed by atoms with Gasteiger partial charge in [-0.1, -0.05) is 18.2 Å². The Morgan fingerprint density at radius 1 is 1.04 bits per heavy atom. The Kier molecular flexibility index (Phi) is 8.18. The van der Waals surface area contributed by atoms with Crippen molar-refractivity contribution >= 4 is 41.7 Å². The summed E-state index contributed by atoms with van der Waals surface area (Å²) in [5, 5.41) is 9.13. The van der Waals surface area contributed by atoms with Gasteiger partial charge in [-0.25, -0.2) is 4.79 Å². The van der Waals surface area contributed by atoms with Gasteiger partial charge in [-0.05, 0) is 35.4 Å². The van der Waals surface area contributed by atoms with E-state index in [9.17, 15) is 4.79 Å². The first-order chi connectivity index (χ1) is 13.2. The van der Waals surface area contributed by atoms with Crippen LogP contribution in [0.5, 0.6) is 11.5 Å². The van der Waals surface area contributed by atoms with Crippen molar-refractivity contribution in [1.29, 1.82) is 0 Å². The molecule has 28 heavy (non-hydrogen) atoms. The number of halogens is 1. The second-order valence-corrected chi connectivity index (χ2v) is 5.78. The number of nitrogens with zero attached hydrogens (tertiary/aromatic N) is 1. The van der Waals surface area contributed by atoms with E-state index in [0.717, 1.165) is 22.6 Å². The molecular formula is C19H23IN4O4. The summed E-state index contributed by atoms with van der Waals surface area (Å²) in [6.07, 6.45) is -0.492. The Balaban J connectivity index is 0.00000280. The van der Waals surface area contributed by atoms with Gasteiger partial charge in [-0.15, -0.1) is 24.0 Å². The molecule has 150 valence electrons. The molecule has 1 aliphatic rings. The summed E-state index contributed by atoms with van der Waals surface area (Å²) in [5.74, 6) is 2.22. The Morgan fingerprint density at radius 3 is 2.36 bits per heavy atom. The van der Waals surface area contributed by atoms with Crippen LogP contribution < -0.4 is 25.4 Å². The van der Waals surface area contributed by atoms with E-state index in [0.29, 0.717) is 24.7 Å². The van der Waals surface area contributed by atoms with Crippen molar-refractivity contribution in [3.05, 3.63) is 53.6 Å². The number of carbonyl (C=O) groups is 1. The van der Waals surface area contributed by atoms with Gasteiger partial charge in [0.25, 0.3) is 0 Å². The van der Waals surface area contributed by atoms with Crippen molar-refractivity contribution in [2.45, 2.75) is 13.1 Å². The van der Waals surface area contributed by atoms with Crippen LogP contribution in [0.1, 0.15) is 11.1 Å². The largest absolute Gasteiger partial charge is 0.454 e. The quantitative estimate of drug-likeness (QED) is 0.334. The average Bonchev–Trinajstić information content (AvgIpc) is 3.17. The Labute approximate surface area is 180 Å². The Bertz CT molecular complexity index is 827. The molecule has 0 radical (unpaired) electrons. The maximum absolute atomic E-state index is 11.2. The van der Waals surface area contributed by atoms with Crippen molar-refractivity contribution in [2.24, 2.45) is 4.99 Å². The third-order valence-corrected chi connectivity index (χ3v) is 3.97. The summed E-state index contributed by atoms with van der Waals surface area (Å²) in [6.45, 7) is 1.47. The van der Waals surface area contributed by atoms with E-state index in [1.54, 1.807) is 7.05 Å². The van der Waals surface area contributed by atoms with Crippen LogP contribution in [-0.4, -0.2) is 33.0 Å². The van der Waals surface area contributed by atoms with Crippen molar-refractivity contribution in [1.82, 2.24) is 10.6 Å². The number of methoxy groups -OCH3 is 1. The third-order valence-electron chi connectivity index (χ3n) is 3.97. The molecule has 1 heterocycles. The first-order valence-electron chi connectivity index (χ1n) is 8.45. The number of ether oxygens (including phenoxy) is 3. The van der Waals surface area contributed by atoms with Gasteiger partial charge in [0.05, 0.1) is 7.11 Å². The molecule has 0 saturated carbocycles. The fraction of sp³-hybridized carbons (Fsp3) is 0.263. The number of carbonyl (C=O) groups excluding carboxylic acids is 1. The van der Waals surface area contributed by atoms with Crippen LogP contribution in [-0.2, 0) is 17.8 Å². The summed E-state index contributed by atoms with van der Waals surface area (Å²) < 4.78 is 15.3. The number of benzene rings is 2.